The molecule has 0 N–H and O–H groups in total. The van der Waals surface area contributed by atoms with Crippen LogP contribution in [0.4, 0.5) is 0 Å². The summed E-state index contributed by atoms with van der Waals surface area (Å²) in [4.78, 5) is 10.5. The van der Waals surface area contributed by atoms with Gasteiger partial charge in [-0.3, -0.25) is 0 Å². The van der Waals surface area contributed by atoms with Gasteiger partial charge in [0.25, 0.3) is 0 Å². The van der Waals surface area contributed by atoms with Crippen molar-refractivity contribution in [2.75, 3.05) is 0 Å². The van der Waals surface area contributed by atoms with Crippen LogP contribution in [0.1, 0.15) is 47.0 Å². The second kappa shape index (κ2) is 2.60. The van der Waals surface area contributed by atoms with Gasteiger partial charge in [-0.25, -0.2) is 10.1 Å². The normalized spacial score (nSPS) is 44.9. The molecule has 2 aliphatic rings. The van der Waals surface area contributed by atoms with Crippen LogP contribution in [0.5, 0.6) is 0 Å². The first-order chi connectivity index (χ1) is 6.73. The highest BCUT2D eigenvalue weighted by Gasteiger charge is 2.67. The van der Waals surface area contributed by atoms with Crippen molar-refractivity contribution < 1.29 is 5.03 Å². The topological polar surface area (TPSA) is 55.5 Å². The molecule has 2 aliphatic carbocycles. The molecule has 0 aromatic carbocycles. The lowest BCUT2D eigenvalue weighted by Crippen LogP contribution is -2.34. The standard InChI is InChI=1S/C11H18N2O2/c1-9(2)10(3)5-6-11(9,4)8(7-10)12-13(14)15/h5-7H2,1-4H3/b12-8+. The molecule has 0 spiro atoms. The maximum atomic E-state index is 10.5. The molecule has 0 amide bonds. The third-order valence-corrected chi connectivity index (χ3v) is 5.46. The second-order valence-electron chi connectivity index (χ2n) is 5.98. The summed E-state index contributed by atoms with van der Waals surface area (Å²) < 4.78 is 0. The molecule has 0 radical (unpaired) electrons. The third-order valence-electron chi connectivity index (χ3n) is 5.46. The molecule has 84 valence electrons. The van der Waals surface area contributed by atoms with Crippen molar-refractivity contribution in [3.63, 3.8) is 0 Å². The van der Waals surface area contributed by atoms with Gasteiger partial charge in [-0.2, -0.15) is 0 Å². The largest absolute Gasteiger partial charge is 0.233 e. The number of rotatable bonds is 1. The van der Waals surface area contributed by atoms with Crippen LogP contribution < -0.4 is 0 Å². The van der Waals surface area contributed by atoms with Crippen LogP contribution in [-0.4, -0.2) is 10.7 Å². The Kier molecular flexibility index (Phi) is 1.83. The van der Waals surface area contributed by atoms with E-state index < -0.39 is 5.03 Å². The minimum Gasteiger partial charge on any atom is -0.233 e. The highest BCUT2D eigenvalue weighted by molar-refractivity contribution is 5.94. The zero-order chi connectivity index (χ0) is 11.5. The highest BCUT2D eigenvalue weighted by Crippen LogP contribution is 2.70. The maximum Gasteiger partial charge on any atom is 0.190 e. The van der Waals surface area contributed by atoms with Gasteiger partial charge in [0.15, 0.2) is 5.03 Å². The summed E-state index contributed by atoms with van der Waals surface area (Å²) in [7, 11) is 0. The number of fused-ring (bicyclic) bond motifs is 2. The van der Waals surface area contributed by atoms with Crippen molar-refractivity contribution >= 4 is 5.71 Å². The highest BCUT2D eigenvalue weighted by atomic mass is 16.7. The molecule has 4 nitrogen and oxygen atoms in total. The summed E-state index contributed by atoms with van der Waals surface area (Å²) in [5.74, 6) is 0. The van der Waals surface area contributed by atoms with E-state index >= 15 is 0 Å². The summed E-state index contributed by atoms with van der Waals surface area (Å²) in [6.45, 7) is 8.82. The number of hydrazone groups is 1. The maximum absolute atomic E-state index is 10.5. The SMILES string of the molecule is CC12CCC(C)(/C(=N/[N+](=O)[O-])C1)C2(C)C. The quantitative estimate of drug-likeness (QED) is 0.493. The van der Waals surface area contributed by atoms with Crippen molar-refractivity contribution in [1.82, 2.24) is 0 Å². The molecule has 2 rings (SSSR count). The van der Waals surface area contributed by atoms with E-state index in [1.165, 1.54) is 0 Å². The molecule has 0 heterocycles. The molecule has 0 aromatic rings. The Bertz CT molecular complexity index is 362. The van der Waals surface area contributed by atoms with Gasteiger partial charge in [-0.15, -0.1) is 0 Å². The van der Waals surface area contributed by atoms with Gasteiger partial charge < -0.3 is 0 Å². The van der Waals surface area contributed by atoms with E-state index in [0.717, 1.165) is 25.0 Å². The Morgan fingerprint density at radius 2 is 1.87 bits per heavy atom. The molecule has 15 heavy (non-hydrogen) atoms. The Labute approximate surface area is 89.9 Å². The van der Waals surface area contributed by atoms with E-state index in [2.05, 4.69) is 32.8 Å². The fraction of sp³-hybridized carbons (Fsp3) is 0.909. The Hall–Kier alpha value is -0.930. The number of hydrogen-bond donors (Lipinski definition) is 0. The fourth-order valence-corrected chi connectivity index (χ4v) is 3.44. The lowest BCUT2D eigenvalue weighted by molar-refractivity contribution is -0.485. The van der Waals surface area contributed by atoms with Crippen LogP contribution in [0.15, 0.2) is 5.10 Å². The molecular formula is C11H18N2O2. The number of hydrogen-bond acceptors (Lipinski definition) is 2. The third kappa shape index (κ3) is 1.05. The molecule has 2 atom stereocenters. The molecule has 2 saturated carbocycles. The summed E-state index contributed by atoms with van der Waals surface area (Å²) in [6, 6.07) is 0. The predicted molar refractivity (Wildman–Crippen MR) is 58.3 cm³/mol. The van der Waals surface area contributed by atoms with Crippen molar-refractivity contribution in [1.29, 1.82) is 0 Å². The first-order valence-electron chi connectivity index (χ1n) is 5.45. The van der Waals surface area contributed by atoms with Gasteiger partial charge >= 0.3 is 0 Å². The number of nitro groups is 1. The average Bonchev–Trinajstić information content (AvgIpc) is 2.33. The Morgan fingerprint density at radius 1 is 1.27 bits per heavy atom. The van der Waals surface area contributed by atoms with E-state index in [1.807, 2.05) is 0 Å². The molecule has 0 saturated heterocycles. The zero-order valence-corrected chi connectivity index (χ0v) is 9.83. The Balaban J connectivity index is 2.50. The van der Waals surface area contributed by atoms with Crippen molar-refractivity contribution in [3.8, 4) is 0 Å². The second-order valence-corrected chi connectivity index (χ2v) is 5.98. The van der Waals surface area contributed by atoms with Gasteiger partial charge in [0.05, 0.1) is 10.8 Å². The minimum atomic E-state index is -0.541. The summed E-state index contributed by atoms with van der Waals surface area (Å²) in [5.41, 5.74) is 1.03. The van der Waals surface area contributed by atoms with Crippen molar-refractivity contribution in [3.05, 3.63) is 10.1 Å². The molecule has 0 aliphatic heterocycles. The van der Waals surface area contributed by atoms with E-state index in [0.29, 0.717) is 0 Å². The zero-order valence-electron chi connectivity index (χ0n) is 9.83. The molecular weight excluding hydrogens is 192 g/mol. The molecule has 0 aromatic heterocycles. The summed E-state index contributed by atoms with van der Waals surface area (Å²) in [5, 5.41) is 13.6. The summed E-state index contributed by atoms with van der Waals surface area (Å²) in [6.07, 6.45) is 2.98. The fourth-order valence-electron chi connectivity index (χ4n) is 3.44. The molecule has 2 fully saturated rings. The lowest BCUT2D eigenvalue weighted by atomic mass is 9.66. The van der Waals surface area contributed by atoms with E-state index in [9.17, 15) is 10.1 Å². The molecule has 2 bridgehead atoms. The lowest BCUT2D eigenvalue weighted by Gasteiger charge is -2.37. The van der Waals surface area contributed by atoms with Crippen LogP contribution in [-0.2, 0) is 0 Å². The van der Waals surface area contributed by atoms with Gasteiger partial charge in [0.2, 0.25) is 0 Å². The van der Waals surface area contributed by atoms with Crippen molar-refractivity contribution in [2.24, 2.45) is 21.3 Å². The van der Waals surface area contributed by atoms with Gasteiger partial charge in [-0.05, 0) is 30.1 Å². The van der Waals surface area contributed by atoms with Crippen LogP contribution in [0.3, 0.4) is 0 Å². The molecule has 4 heteroatoms. The van der Waals surface area contributed by atoms with E-state index in [-0.39, 0.29) is 16.2 Å². The first kappa shape index (κ1) is 10.6. The van der Waals surface area contributed by atoms with Gasteiger partial charge in [0.1, 0.15) is 0 Å². The van der Waals surface area contributed by atoms with Crippen LogP contribution >= 0.6 is 0 Å². The van der Waals surface area contributed by atoms with Crippen molar-refractivity contribution in [2.45, 2.75) is 47.0 Å². The van der Waals surface area contributed by atoms with Crippen LogP contribution in [0.25, 0.3) is 0 Å². The smallest absolute Gasteiger partial charge is 0.190 e. The molecule has 2 unspecified atom stereocenters. The number of nitrogens with zero attached hydrogens (tertiary/aromatic N) is 2. The monoisotopic (exact) mass is 210 g/mol. The van der Waals surface area contributed by atoms with E-state index in [4.69, 9.17) is 0 Å². The predicted octanol–water partition coefficient (Wildman–Crippen LogP) is 2.86. The van der Waals surface area contributed by atoms with Crippen LogP contribution in [0.2, 0.25) is 0 Å². The first-order valence-corrected chi connectivity index (χ1v) is 5.45. The van der Waals surface area contributed by atoms with Crippen LogP contribution in [0, 0.1) is 26.4 Å². The van der Waals surface area contributed by atoms with Gasteiger partial charge in [-0.1, -0.05) is 27.7 Å². The summed E-state index contributed by atoms with van der Waals surface area (Å²) >= 11 is 0. The Morgan fingerprint density at radius 3 is 2.20 bits per heavy atom. The average molecular weight is 210 g/mol. The van der Waals surface area contributed by atoms with E-state index in [1.54, 1.807) is 0 Å². The van der Waals surface area contributed by atoms with Gasteiger partial charge in [0, 0.05) is 5.41 Å². The minimum absolute atomic E-state index is 0.0746.